The summed E-state index contributed by atoms with van der Waals surface area (Å²) in [5, 5.41) is 9.89. The third kappa shape index (κ3) is 2.55. The van der Waals surface area contributed by atoms with E-state index in [1.165, 1.54) is 11.3 Å². The molecule has 0 aliphatic rings. The van der Waals surface area contributed by atoms with Crippen molar-refractivity contribution in [3.05, 3.63) is 44.5 Å². The van der Waals surface area contributed by atoms with Gasteiger partial charge in [0.25, 0.3) is 0 Å². The normalized spacial score (nSPS) is 13.0. The van der Waals surface area contributed by atoms with E-state index < -0.39 is 6.10 Å². The van der Waals surface area contributed by atoms with Crippen molar-refractivity contribution in [1.29, 1.82) is 0 Å². The van der Waals surface area contributed by atoms with Crippen LogP contribution in [0, 0.1) is 0 Å². The second-order valence-corrected chi connectivity index (χ2v) is 5.36. The number of aliphatic hydroxyl groups is 1. The van der Waals surface area contributed by atoms with E-state index in [9.17, 15) is 5.11 Å². The quantitative estimate of drug-likeness (QED) is 0.910. The van der Waals surface area contributed by atoms with Crippen LogP contribution in [-0.4, -0.2) is 5.11 Å². The lowest BCUT2D eigenvalue weighted by atomic mass is 10.1. The van der Waals surface area contributed by atoms with Crippen LogP contribution in [0.15, 0.2) is 28.9 Å². The van der Waals surface area contributed by atoms with Gasteiger partial charge in [0.2, 0.25) is 0 Å². The fourth-order valence-corrected chi connectivity index (χ4v) is 2.88. The van der Waals surface area contributed by atoms with Crippen LogP contribution in [0.25, 0.3) is 0 Å². The van der Waals surface area contributed by atoms with Gasteiger partial charge in [-0.3, -0.25) is 0 Å². The zero-order valence-electron chi connectivity index (χ0n) is 7.61. The Kier molecular flexibility index (Phi) is 3.36. The summed E-state index contributed by atoms with van der Waals surface area (Å²) in [5.74, 6) is 0.723. The zero-order valence-corrected chi connectivity index (χ0v) is 9.94. The molecular formula is C10H8Cl2O2S. The van der Waals surface area contributed by atoms with Gasteiger partial charge >= 0.3 is 0 Å². The van der Waals surface area contributed by atoms with Crippen LogP contribution >= 0.6 is 34.5 Å². The first-order valence-corrected chi connectivity index (χ1v) is 5.89. The van der Waals surface area contributed by atoms with Gasteiger partial charge in [-0.1, -0.05) is 23.2 Å². The molecular weight excluding hydrogens is 255 g/mol. The molecule has 1 unspecified atom stereocenters. The molecule has 2 heterocycles. The third-order valence-electron chi connectivity index (χ3n) is 2.02. The Hall–Kier alpha value is -0.480. The predicted molar refractivity (Wildman–Crippen MR) is 61.7 cm³/mol. The second-order valence-electron chi connectivity index (χ2n) is 3.08. The van der Waals surface area contributed by atoms with Crippen molar-refractivity contribution in [3.8, 4) is 0 Å². The topological polar surface area (TPSA) is 33.4 Å². The minimum atomic E-state index is -0.674. The average Bonchev–Trinajstić information content (AvgIpc) is 2.75. The average molecular weight is 263 g/mol. The van der Waals surface area contributed by atoms with Crippen LogP contribution in [0.3, 0.4) is 0 Å². The highest BCUT2D eigenvalue weighted by molar-refractivity contribution is 7.20. The largest absolute Gasteiger partial charge is 0.469 e. The fraction of sp³-hybridized carbons (Fsp3) is 0.200. The number of hydrogen-bond donors (Lipinski definition) is 1. The van der Waals surface area contributed by atoms with Gasteiger partial charge in [-0.2, -0.15) is 0 Å². The highest BCUT2D eigenvalue weighted by atomic mass is 35.5. The molecule has 2 aromatic rings. The molecule has 5 heteroatoms. The van der Waals surface area contributed by atoms with Crippen molar-refractivity contribution < 1.29 is 9.52 Å². The summed E-state index contributed by atoms with van der Waals surface area (Å²) in [6.45, 7) is 0. The minimum absolute atomic E-state index is 0.403. The first kappa shape index (κ1) is 11.0. The molecule has 1 N–H and O–H groups in total. The molecule has 2 aromatic heterocycles. The minimum Gasteiger partial charge on any atom is -0.469 e. The number of rotatable bonds is 3. The number of furan rings is 1. The van der Waals surface area contributed by atoms with Gasteiger partial charge in [0.15, 0.2) is 0 Å². The number of halogens is 2. The van der Waals surface area contributed by atoms with Gasteiger partial charge in [0, 0.05) is 12.0 Å². The Morgan fingerprint density at radius 3 is 2.80 bits per heavy atom. The van der Waals surface area contributed by atoms with E-state index in [0.717, 1.165) is 5.76 Å². The predicted octanol–water partition coefficient (Wildman–Crippen LogP) is 3.92. The number of aliphatic hydroxyl groups excluding tert-OH is 1. The van der Waals surface area contributed by atoms with Crippen LogP contribution < -0.4 is 0 Å². The van der Waals surface area contributed by atoms with Crippen molar-refractivity contribution in [1.82, 2.24) is 0 Å². The highest BCUT2D eigenvalue weighted by Gasteiger charge is 2.16. The zero-order chi connectivity index (χ0) is 10.8. The summed E-state index contributed by atoms with van der Waals surface area (Å²) in [6.07, 6.45) is 1.30. The third-order valence-corrected chi connectivity index (χ3v) is 3.53. The summed E-state index contributed by atoms with van der Waals surface area (Å²) in [7, 11) is 0. The van der Waals surface area contributed by atoms with Gasteiger partial charge in [-0.05, 0) is 18.2 Å². The fourth-order valence-electron chi connectivity index (χ4n) is 1.31. The van der Waals surface area contributed by atoms with Crippen LogP contribution in [0.1, 0.15) is 17.4 Å². The molecule has 2 nitrogen and oxygen atoms in total. The molecule has 0 spiro atoms. The first-order valence-electron chi connectivity index (χ1n) is 4.32. The van der Waals surface area contributed by atoms with E-state index in [-0.39, 0.29) is 0 Å². The smallest absolute Gasteiger partial charge is 0.106 e. The molecule has 15 heavy (non-hydrogen) atoms. The lowest BCUT2D eigenvalue weighted by Gasteiger charge is -2.06. The Morgan fingerprint density at radius 1 is 1.47 bits per heavy atom. The molecule has 2 rings (SSSR count). The Labute approximate surface area is 101 Å². The maximum Gasteiger partial charge on any atom is 0.106 e. The molecule has 0 aliphatic carbocycles. The molecule has 0 saturated carbocycles. The van der Waals surface area contributed by atoms with E-state index in [2.05, 4.69) is 0 Å². The van der Waals surface area contributed by atoms with E-state index in [1.54, 1.807) is 18.4 Å². The van der Waals surface area contributed by atoms with E-state index in [0.29, 0.717) is 20.7 Å². The SMILES string of the molecule is OC(Cc1ccco1)c1cc(Cl)sc1Cl. The van der Waals surface area contributed by atoms with Crippen molar-refractivity contribution in [2.75, 3.05) is 0 Å². The van der Waals surface area contributed by atoms with Crippen molar-refractivity contribution in [2.45, 2.75) is 12.5 Å². The molecule has 0 aliphatic heterocycles. The lowest BCUT2D eigenvalue weighted by molar-refractivity contribution is 0.171. The monoisotopic (exact) mass is 262 g/mol. The second kappa shape index (κ2) is 4.58. The maximum atomic E-state index is 9.89. The van der Waals surface area contributed by atoms with E-state index in [1.807, 2.05) is 6.07 Å². The molecule has 0 amide bonds. The summed E-state index contributed by atoms with van der Waals surface area (Å²) in [6, 6.07) is 5.28. The first-order chi connectivity index (χ1) is 7.16. The van der Waals surface area contributed by atoms with Gasteiger partial charge in [-0.15, -0.1) is 11.3 Å². The molecule has 80 valence electrons. The molecule has 0 bridgehead atoms. The highest BCUT2D eigenvalue weighted by Crippen LogP contribution is 2.36. The lowest BCUT2D eigenvalue weighted by Crippen LogP contribution is -1.99. The van der Waals surface area contributed by atoms with E-state index >= 15 is 0 Å². The molecule has 0 aromatic carbocycles. The van der Waals surface area contributed by atoms with Crippen LogP contribution in [-0.2, 0) is 6.42 Å². The van der Waals surface area contributed by atoms with Crippen molar-refractivity contribution in [3.63, 3.8) is 0 Å². The Balaban J connectivity index is 2.14. The standard InChI is InChI=1S/C10H8Cl2O2S/c11-9-5-7(10(12)15-9)8(13)4-6-2-1-3-14-6/h1-3,5,8,13H,4H2. The molecule has 0 fully saturated rings. The summed E-state index contributed by atoms with van der Waals surface area (Å²) in [4.78, 5) is 0. The summed E-state index contributed by atoms with van der Waals surface area (Å²) < 4.78 is 6.24. The molecule has 0 radical (unpaired) electrons. The van der Waals surface area contributed by atoms with Gasteiger partial charge in [0.05, 0.1) is 16.7 Å². The molecule has 0 saturated heterocycles. The van der Waals surface area contributed by atoms with Gasteiger partial charge < -0.3 is 9.52 Å². The summed E-state index contributed by atoms with van der Waals surface area (Å²) >= 11 is 13.0. The van der Waals surface area contributed by atoms with Crippen molar-refractivity contribution >= 4 is 34.5 Å². The number of thiophene rings is 1. The van der Waals surface area contributed by atoms with Crippen molar-refractivity contribution in [2.24, 2.45) is 0 Å². The molecule has 1 atom stereocenters. The maximum absolute atomic E-state index is 9.89. The van der Waals surface area contributed by atoms with Gasteiger partial charge in [0.1, 0.15) is 10.1 Å². The van der Waals surface area contributed by atoms with Crippen LogP contribution in [0.5, 0.6) is 0 Å². The van der Waals surface area contributed by atoms with Crippen LogP contribution in [0.4, 0.5) is 0 Å². The van der Waals surface area contributed by atoms with Gasteiger partial charge in [-0.25, -0.2) is 0 Å². The summed E-state index contributed by atoms with van der Waals surface area (Å²) in [5.41, 5.74) is 0.656. The Bertz CT molecular complexity index is 436. The number of hydrogen-bond acceptors (Lipinski definition) is 3. The van der Waals surface area contributed by atoms with E-state index in [4.69, 9.17) is 27.6 Å². The Morgan fingerprint density at radius 2 is 2.27 bits per heavy atom. The van der Waals surface area contributed by atoms with Crippen LogP contribution in [0.2, 0.25) is 8.67 Å².